The molecule has 0 aromatic heterocycles. The fraction of sp³-hybridized carbons (Fsp3) is 0.600. The molecule has 1 unspecified atom stereocenters. The molecule has 0 aliphatic carbocycles. The van der Waals surface area contributed by atoms with Crippen LogP contribution in [-0.2, 0) is 0 Å². The minimum atomic E-state index is 0.273. The summed E-state index contributed by atoms with van der Waals surface area (Å²) in [5.41, 5.74) is 1.46. The number of methoxy groups -OCH3 is 1. The Morgan fingerprint density at radius 2 is 2.00 bits per heavy atom. The van der Waals surface area contributed by atoms with Crippen molar-refractivity contribution in [3.05, 3.63) is 24.3 Å². The average Bonchev–Trinajstić information content (AvgIpc) is 2.34. The topological polar surface area (TPSA) is 12.5 Å². The Morgan fingerprint density at radius 3 is 2.50 bits per heavy atom. The molecule has 1 rings (SSSR count). The molecule has 0 saturated heterocycles. The zero-order chi connectivity index (χ0) is 13.8. The van der Waals surface area contributed by atoms with Crippen LogP contribution in [0, 0.1) is 11.3 Å². The van der Waals surface area contributed by atoms with Crippen LogP contribution in [0.25, 0.3) is 0 Å². The second-order valence-corrected chi connectivity index (χ2v) is 6.19. The van der Waals surface area contributed by atoms with E-state index < -0.39 is 0 Å². The number of anilines is 1. The van der Waals surface area contributed by atoms with Gasteiger partial charge < -0.3 is 9.64 Å². The van der Waals surface area contributed by atoms with Crippen molar-refractivity contribution in [1.29, 1.82) is 0 Å². The predicted molar refractivity (Wildman–Crippen MR) is 83.1 cm³/mol. The summed E-state index contributed by atoms with van der Waals surface area (Å²) < 4.78 is 5.26. The summed E-state index contributed by atoms with van der Waals surface area (Å²) in [6.07, 6.45) is 0. The summed E-state index contributed by atoms with van der Waals surface area (Å²) in [5, 5.41) is 0. The van der Waals surface area contributed by atoms with Gasteiger partial charge in [0.1, 0.15) is 5.75 Å². The highest BCUT2D eigenvalue weighted by atomic mass is 32.1. The van der Waals surface area contributed by atoms with Crippen molar-refractivity contribution in [2.24, 2.45) is 11.3 Å². The van der Waals surface area contributed by atoms with Crippen molar-refractivity contribution in [2.45, 2.75) is 20.8 Å². The Kier molecular flexibility index (Phi) is 5.39. The molecule has 2 nitrogen and oxygen atoms in total. The molecule has 0 radical (unpaired) electrons. The van der Waals surface area contributed by atoms with Gasteiger partial charge in [-0.25, -0.2) is 0 Å². The van der Waals surface area contributed by atoms with Gasteiger partial charge in [-0.1, -0.05) is 26.8 Å². The normalized spacial score (nSPS) is 13.2. The first kappa shape index (κ1) is 15.2. The van der Waals surface area contributed by atoms with E-state index in [1.54, 1.807) is 7.11 Å². The summed E-state index contributed by atoms with van der Waals surface area (Å²) in [5.74, 6) is 2.35. The molecule has 0 spiro atoms. The van der Waals surface area contributed by atoms with Gasteiger partial charge in [0, 0.05) is 25.3 Å². The van der Waals surface area contributed by atoms with Crippen molar-refractivity contribution in [3.8, 4) is 5.75 Å². The summed E-state index contributed by atoms with van der Waals surface area (Å²) >= 11 is 4.48. The second-order valence-electron chi connectivity index (χ2n) is 5.83. The van der Waals surface area contributed by atoms with Gasteiger partial charge in [0.2, 0.25) is 0 Å². The quantitative estimate of drug-likeness (QED) is 0.816. The number of hydrogen-bond acceptors (Lipinski definition) is 3. The van der Waals surface area contributed by atoms with Crippen molar-refractivity contribution in [3.63, 3.8) is 0 Å². The lowest BCUT2D eigenvalue weighted by molar-refractivity contribution is 0.272. The number of hydrogen-bond donors (Lipinski definition) is 1. The zero-order valence-electron chi connectivity index (χ0n) is 12.1. The third kappa shape index (κ3) is 4.13. The van der Waals surface area contributed by atoms with Gasteiger partial charge in [0.15, 0.2) is 0 Å². The van der Waals surface area contributed by atoms with Crippen molar-refractivity contribution in [2.75, 3.05) is 31.4 Å². The first-order valence-electron chi connectivity index (χ1n) is 6.34. The highest BCUT2D eigenvalue weighted by Crippen LogP contribution is 2.29. The molecule has 0 bridgehead atoms. The zero-order valence-corrected chi connectivity index (χ0v) is 13.0. The molecule has 1 aromatic rings. The van der Waals surface area contributed by atoms with Gasteiger partial charge in [-0.3, -0.25) is 0 Å². The van der Waals surface area contributed by atoms with Crippen LogP contribution in [0.4, 0.5) is 5.69 Å². The van der Waals surface area contributed by atoms with E-state index in [0.29, 0.717) is 5.92 Å². The Balaban J connectivity index is 2.77. The molecule has 0 aliphatic rings. The van der Waals surface area contributed by atoms with Crippen LogP contribution in [0.5, 0.6) is 5.75 Å². The molecule has 1 aromatic carbocycles. The Morgan fingerprint density at radius 1 is 1.33 bits per heavy atom. The molecular weight excluding hydrogens is 242 g/mol. The standard InChI is InChI=1S/C15H25NOS/c1-15(2,3)12(11-18)10-16(4)13-7-6-8-14(9-13)17-5/h6-9,12,18H,10-11H2,1-5H3. The minimum Gasteiger partial charge on any atom is -0.497 e. The van der Waals surface area contributed by atoms with Crippen LogP contribution in [0.3, 0.4) is 0 Å². The first-order chi connectivity index (χ1) is 8.38. The SMILES string of the molecule is COc1cccc(N(C)CC(CS)C(C)(C)C)c1. The molecular formula is C15H25NOS. The van der Waals surface area contributed by atoms with Gasteiger partial charge >= 0.3 is 0 Å². The van der Waals surface area contributed by atoms with E-state index in [1.807, 2.05) is 12.1 Å². The molecule has 0 N–H and O–H groups in total. The first-order valence-corrected chi connectivity index (χ1v) is 6.97. The fourth-order valence-electron chi connectivity index (χ4n) is 1.89. The lowest BCUT2D eigenvalue weighted by Crippen LogP contribution is -2.34. The maximum atomic E-state index is 5.26. The minimum absolute atomic E-state index is 0.273. The highest BCUT2D eigenvalue weighted by Gasteiger charge is 2.24. The summed E-state index contributed by atoms with van der Waals surface area (Å²) in [4.78, 5) is 2.27. The van der Waals surface area contributed by atoms with E-state index in [1.165, 1.54) is 5.69 Å². The lowest BCUT2D eigenvalue weighted by Gasteiger charge is -2.34. The van der Waals surface area contributed by atoms with Crippen molar-refractivity contribution >= 4 is 18.3 Å². The molecule has 0 amide bonds. The largest absolute Gasteiger partial charge is 0.497 e. The van der Waals surface area contributed by atoms with Gasteiger partial charge in [-0.15, -0.1) is 0 Å². The Labute approximate surface area is 117 Å². The second kappa shape index (κ2) is 6.37. The van der Waals surface area contributed by atoms with Gasteiger partial charge in [-0.2, -0.15) is 12.6 Å². The van der Waals surface area contributed by atoms with E-state index in [-0.39, 0.29) is 5.41 Å². The average molecular weight is 267 g/mol. The van der Waals surface area contributed by atoms with E-state index in [0.717, 1.165) is 18.0 Å². The maximum Gasteiger partial charge on any atom is 0.120 e. The van der Waals surface area contributed by atoms with Crippen LogP contribution in [-0.4, -0.2) is 26.5 Å². The monoisotopic (exact) mass is 267 g/mol. The number of thiol groups is 1. The van der Waals surface area contributed by atoms with Gasteiger partial charge in [0.25, 0.3) is 0 Å². The Hall–Kier alpha value is -0.830. The van der Waals surface area contributed by atoms with Gasteiger partial charge in [-0.05, 0) is 29.2 Å². The van der Waals surface area contributed by atoms with Crippen molar-refractivity contribution in [1.82, 2.24) is 0 Å². The van der Waals surface area contributed by atoms with Crippen LogP contribution in [0.2, 0.25) is 0 Å². The van der Waals surface area contributed by atoms with Crippen LogP contribution in [0.1, 0.15) is 20.8 Å². The molecule has 1 atom stereocenters. The van der Waals surface area contributed by atoms with E-state index in [2.05, 4.69) is 57.5 Å². The third-order valence-corrected chi connectivity index (χ3v) is 3.87. The summed E-state index contributed by atoms with van der Waals surface area (Å²) in [6, 6.07) is 8.17. The molecule has 18 heavy (non-hydrogen) atoms. The summed E-state index contributed by atoms with van der Waals surface area (Å²) in [6.45, 7) is 7.81. The number of rotatable bonds is 5. The highest BCUT2D eigenvalue weighted by molar-refractivity contribution is 7.80. The van der Waals surface area contributed by atoms with E-state index in [4.69, 9.17) is 4.74 Å². The predicted octanol–water partition coefficient (Wildman–Crippen LogP) is 3.72. The van der Waals surface area contributed by atoms with E-state index >= 15 is 0 Å². The van der Waals surface area contributed by atoms with Crippen LogP contribution >= 0.6 is 12.6 Å². The maximum absolute atomic E-state index is 5.26. The molecule has 0 fully saturated rings. The lowest BCUT2D eigenvalue weighted by atomic mass is 9.81. The fourth-order valence-corrected chi connectivity index (χ4v) is 2.55. The number of benzene rings is 1. The van der Waals surface area contributed by atoms with Crippen molar-refractivity contribution < 1.29 is 4.74 Å². The number of nitrogens with zero attached hydrogens (tertiary/aromatic N) is 1. The molecule has 3 heteroatoms. The smallest absolute Gasteiger partial charge is 0.120 e. The number of ether oxygens (including phenoxy) is 1. The van der Waals surface area contributed by atoms with E-state index in [9.17, 15) is 0 Å². The third-order valence-electron chi connectivity index (χ3n) is 3.43. The molecule has 0 aliphatic heterocycles. The molecule has 0 saturated carbocycles. The molecule has 0 heterocycles. The Bertz CT molecular complexity index is 373. The van der Waals surface area contributed by atoms with Crippen LogP contribution < -0.4 is 9.64 Å². The van der Waals surface area contributed by atoms with Gasteiger partial charge in [0.05, 0.1) is 7.11 Å². The molecule has 102 valence electrons. The summed E-state index contributed by atoms with van der Waals surface area (Å²) in [7, 11) is 3.82. The van der Waals surface area contributed by atoms with Crippen LogP contribution in [0.15, 0.2) is 24.3 Å².